The number of hydrogen-bond acceptors (Lipinski definition) is 6. The largest absolute Gasteiger partial charge is 0.480 e. The van der Waals surface area contributed by atoms with Crippen LogP contribution >= 0.6 is 11.6 Å². The van der Waals surface area contributed by atoms with E-state index in [0.717, 1.165) is 0 Å². The molecule has 10 heteroatoms. The van der Waals surface area contributed by atoms with Crippen molar-refractivity contribution in [3.63, 3.8) is 0 Å². The monoisotopic (exact) mass is 390 g/mol. The van der Waals surface area contributed by atoms with Gasteiger partial charge in [0, 0.05) is 33.1 Å². The summed E-state index contributed by atoms with van der Waals surface area (Å²) in [6, 6.07) is 4.04. The maximum Gasteiger partial charge on any atom is 0.343 e. The van der Waals surface area contributed by atoms with Gasteiger partial charge in [0.25, 0.3) is 0 Å². The van der Waals surface area contributed by atoms with Crippen LogP contribution in [0.5, 0.6) is 5.75 Å². The quantitative estimate of drug-likeness (QED) is 0.688. The van der Waals surface area contributed by atoms with Gasteiger partial charge in [-0.15, -0.1) is 0 Å². The zero-order chi connectivity index (χ0) is 18.6. The summed E-state index contributed by atoms with van der Waals surface area (Å²) in [7, 11) is -2.49. The number of amides is 1. The Bertz CT molecular complexity index is 759. The van der Waals surface area contributed by atoms with Gasteiger partial charge in [0.1, 0.15) is 5.75 Å². The Morgan fingerprint density at radius 1 is 1.20 bits per heavy atom. The molecule has 0 N–H and O–H groups in total. The fourth-order valence-corrected chi connectivity index (χ4v) is 4.10. The fourth-order valence-electron chi connectivity index (χ4n) is 2.35. The molecule has 0 unspecified atom stereocenters. The van der Waals surface area contributed by atoms with E-state index in [2.05, 4.69) is 4.74 Å². The highest BCUT2D eigenvalue weighted by Gasteiger charge is 2.29. The molecule has 1 aliphatic rings. The lowest BCUT2D eigenvalue weighted by Gasteiger charge is -2.33. The van der Waals surface area contributed by atoms with Crippen molar-refractivity contribution >= 4 is 33.5 Å². The first-order valence-electron chi connectivity index (χ1n) is 7.50. The molecule has 0 radical (unpaired) electrons. The number of carbonyl (C=O) groups excluding carboxylic acids is 2. The van der Waals surface area contributed by atoms with Crippen molar-refractivity contribution in [2.75, 3.05) is 39.9 Å². The zero-order valence-electron chi connectivity index (χ0n) is 13.9. The van der Waals surface area contributed by atoms with Gasteiger partial charge in [-0.25, -0.2) is 13.2 Å². The first-order valence-corrected chi connectivity index (χ1v) is 9.32. The average molecular weight is 391 g/mol. The summed E-state index contributed by atoms with van der Waals surface area (Å²) in [6.07, 6.45) is 0. The second-order valence-electron chi connectivity index (χ2n) is 5.37. The Morgan fingerprint density at radius 3 is 2.36 bits per heavy atom. The van der Waals surface area contributed by atoms with E-state index in [1.54, 1.807) is 4.90 Å². The molecule has 0 bridgehead atoms. The van der Waals surface area contributed by atoms with Gasteiger partial charge in [-0.05, 0) is 18.2 Å². The SMILES string of the molecule is COC(=O)COc1ccc(S(=O)(=O)N2CCN(C(C)=O)CC2)cc1Cl. The number of esters is 1. The van der Waals surface area contributed by atoms with Crippen LogP contribution in [-0.4, -0.2) is 69.4 Å². The molecular weight excluding hydrogens is 372 g/mol. The van der Waals surface area contributed by atoms with Crippen molar-refractivity contribution in [1.29, 1.82) is 0 Å². The van der Waals surface area contributed by atoms with Gasteiger partial charge in [0.15, 0.2) is 6.61 Å². The highest BCUT2D eigenvalue weighted by Crippen LogP contribution is 2.29. The van der Waals surface area contributed by atoms with Crippen LogP contribution in [0.25, 0.3) is 0 Å². The van der Waals surface area contributed by atoms with Crippen molar-refractivity contribution in [2.45, 2.75) is 11.8 Å². The van der Waals surface area contributed by atoms with Gasteiger partial charge in [-0.3, -0.25) is 4.79 Å². The minimum atomic E-state index is -3.72. The molecule has 2 rings (SSSR count). The first kappa shape index (κ1) is 19.5. The van der Waals surface area contributed by atoms with E-state index in [9.17, 15) is 18.0 Å². The molecule has 1 fully saturated rings. The molecule has 0 saturated carbocycles. The van der Waals surface area contributed by atoms with Crippen LogP contribution in [0, 0.1) is 0 Å². The number of ether oxygens (including phenoxy) is 2. The maximum atomic E-state index is 12.7. The first-order chi connectivity index (χ1) is 11.8. The molecule has 138 valence electrons. The average Bonchev–Trinajstić information content (AvgIpc) is 2.60. The lowest BCUT2D eigenvalue weighted by atomic mass is 10.3. The summed E-state index contributed by atoms with van der Waals surface area (Å²) in [5.74, 6) is -0.462. The molecule has 0 aliphatic carbocycles. The smallest absolute Gasteiger partial charge is 0.343 e. The molecule has 1 aromatic carbocycles. The van der Waals surface area contributed by atoms with Crippen LogP contribution in [0.1, 0.15) is 6.92 Å². The van der Waals surface area contributed by atoms with Crippen molar-refractivity contribution in [3.05, 3.63) is 23.2 Å². The highest BCUT2D eigenvalue weighted by atomic mass is 35.5. The van der Waals surface area contributed by atoms with Crippen molar-refractivity contribution in [3.8, 4) is 5.75 Å². The van der Waals surface area contributed by atoms with E-state index < -0.39 is 16.0 Å². The number of methoxy groups -OCH3 is 1. The van der Waals surface area contributed by atoms with Gasteiger partial charge in [0.2, 0.25) is 15.9 Å². The third-order valence-corrected chi connectivity index (χ3v) is 5.99. The Kier molecular flexibility index (Phi) is 6.26. The summed E-state index contributed by atoms with van der Waals surface area (Å²) in [5.41, 5.74) is 0. The van der Waals surface area contributed by atoms with Crippen LogP contribution in [0.4, 0.5) is 0 Å². The Morgan fingerprint density at radius 2 is 1.84 bits per heavy atom. The summed E-state index contributed by atoms with van der Waals surface area (Å²) in [6.45, 7) is 2.28. The van der Waals surface area contributed by atoms with E-state index in [0.29, 0.717) is 13.1 Å². The molecule has 25 heavy (non-hydrogen) atoms. The number of benzene rings is 1. The molecular formula is C15H19ClN2O6S. The molecule has 0 atom stereocenters. The van der Waals surface area contributed by atoms with Crippen molar-refractivity contribution < 1.29 is 27.5 Å². The van der Waals surface area contributed by atoms with Crippen LogP contribution < -0.4 is 4.74 Å². The number of rotatable bonds is 5. The van der Waals surface area contributed by atoms with E-state index in [1.165, 1.54) is 36.5 Å². The number of piperazine rings is 1. The van der Waals surface area contributed by atoms with Gasteiger partial charge >= 0.3 is 5.97 Å². The minimum Gasteiger partial charge on any atom is -0.480 e. The summed E-state index contributed by atoms with van der Waals surface area (Å²) >= 11 is 6.05. The van der Waals surface area contributed by atoms with Crippen LogP contribution in [0.15, 0.2) is 23.1 Å². The van der Waals surface area contributed by atoms with Gasteiger partial charge in [0.05, 0.1) is 17.0 Å². The molecule has 1 amide bonds. The van der Waals surface area contributed by atoms with E-state index in [-0.39, 0.29) is 41.3 Å². The van der Waals surface area contributed by atoms with Gasteiger partial charge in [-0.2, -0.15) is 4.31 Å². The third kappa shape index (κ3) is 4.62. The fraction of sp³-hybridized carbons (Fsp3) is 0.467. The standard InChI is InChI=1S/C15H19ClN2O6S/c1-11(19)17-5-7-18(8-6-17)25(21,22)12-3-4-14(13(16)9-12)24-10-15(20)23-2/h3-4,9H,5-8,10H2,1-2H3. The summed E-state index contributed by atoms with van der Waals surface area (Å²) < 4.78 is 36.3. The second-order valence-corrected chi connectivity index (χ2v) is 7.71. The second kappa shape index (κ2) is 8.03. The molecule has 8 nitrogen and oxygen atoms in total. The Labute approximate surface area is 151 Å². The Balaban J connectivity index is 2.11. The molecule has 1 saturated heterocycles. The van der Waals surface area contributed by atoms with E-state index in [4.69, 9.17) is 16.3 Å². The lowest BCUT2D eigenvalue weighted by Crippen LogP contribution is -2.49. The van der Waals surface area contributed by atoms with E-state index >= 15 is 0 Å². The highest BCUT2D eigenvalue weighted by molar-refractivity contribution is 7.89. The molecule has 1 aromatic rings. The van der Waals surface area contributed by atoms with Crippen molar-refractivity contribution in [1.82, 2.24) is 9.21 Å². The van der Waals surface area contributed by atoms with Crippen LogP contribution in [0.3, 0.4) is 0 Å². The van der Waals surface area contributed by atoms with Crippen molar-refractivity contribution in [2.24, 2.45) is 0 Å². The zero-order valence-corrected chi connectivity index (χ0v) is 15.5. The van der Waals surface area contributed by atoms with Crippen LogP contribution in [0.2, 0.25) is 5.02 Å². The van der Waals surface area contributed by atoms with E-state index in [1.807, 2.05) is 0 Å². The third-order valence-electron chi connectivity index (χ3n) is 3.80. The number of nitrogens with zero attached hydrogens (tertiary/aromatic N) is 2. The molecule has 0 aromatic heterocycles. The number of halogens is 1. The normalized spacial score (nSPS) is 15.7. The number of sulfonamides is 1. The van der Waals surface area contributed by atoms with Crippen LogP contribution in [-0.2, 0) is 24.3 Å². The molecule has 1 aliphatic heterocycles. The number of hydrogen-bond donors (Lipinski definition) is 0. The minimum absolute atomic E-state index is 0.0270. The Hall–Kier alpha value is -1.84. The van der Waals surface area contributed by atoms with Gasteiger partial charge in [-0.1, -0.05) is 11.6 Å². The lowest BCUT2D eigenvalue weighted by molar-refractivity contribution is -0.142. The predicted molar refractivity (Wildman–Crippen MR) is 90.0 cm³/mol. The maximum absolute atomic E-state index is 12.7. The van der Waals surface area contributed by atoms with Gasteiger partial charge < -0.3 is 14.4 Å². The summed E-state index contributed by atoms with van der Waals surface area (Å²) in [5, 5.41) is 0.0763. The molecule has 0 spiro atoms. The molecule has 1 heterocycles. The summed E-state index contributed by atoms with van der Waals surface area (Å²) in [4.78, 5) is 24.0. The topological polar surface area (TPSA) is 93.2 Å². The number of carbonyl (C=O) groups is 2. The predicted octanol–water partition coefficient (Wildman–Crippen LogP) is 0.745.